The second-order valence-electron chi connectivity index (χ2n) is 3.53. The fraction of sp³-hybridized carbons (Fsp3) is 0.500. The van der Waals surface area contributed by atoms with Crippen LogP contribution in [0.15, 0.2) is 18.3 Å². The molecular formula is C10H14F2N2. The van der Waals surface area contributed by atoms with Gasteiger partial charge < -0.3 is 5.73 Å². The molecule has 78 valence electrons. The highest BCUT2D eigenvalue weighted by atomic mass is 19.3. The second kappa shape index (κ2) is 4.00. The maximum Gasteiger partial charge on any atom is 0.291 e. The highest BCUT2D eigenvalue weighted by Crippen LogP contribution is 2.34. The molecule has 1 aromatic rings. The van der Waals surface area contributed by atoms with Gasteiger partial charge in [0.15, 0.2) is 0 Å². The summed E-state index contributed by atoms with van der Waals surface area (Å²) < 4.78 is 27.0. The number of pyridine rings is 1. The molecule has 0 saturated carbocycles. The van der Waals surface area contributed by atoms with Crippen molar-refractivity contribution in [2.75, 3.05) is 0 Å². The van der Waals surface area contributed by atoms with E-state index >= 15 is 0 Å². The number of aromatic nitrogens is 1. The molecule has 1 rings (SSSR count). The van der Waals surface area contributed by atoms with Crippen molar-refractivity contribution in [3.8, 4) is 0 Å². The summed E-state index contributed by atoms with van der Waals surface area (Å²) in [5, 5.41) is 0. The predicted molar refractivity (Wildman–Crippen MR) is 50.9 cm³/mol. The van der Waals surface area contributed by atoms with Crippen LogP contribution in [-0.4, -0.2) is 4.98 Å². The molecule has 1 aromatic heterocycles. The molecule has 0 aliphatic rings. The lowest BCUT2D eigenvalue weighted by molar-refractivity contribution is -0.0555. The molecule has 0 unspecified atom stereocenters. The van der Waals surface area contributed by atoms with Crippen LogP contribution < -0.4 is 5.73 Å². The zero-order valence-corrected chi connectivity index (χ0v) is 8.30. The molecule has 2 N–H and O–H groups in total. The molecular weight excluding hydrogens is 186 g/mol. The summed E-state index contributed by atoms with van der Waals surface area (Å²) in [6.07, 6.45) is 1.37. The van der Waals surface area contributed by atoms with Crippen LogP contribution in [-0.2, 0) is 12.5 Å². The maximum absolute atomic E-state index is 13.5. The molecule has 0 atom stereocenters. The lowest BCUT2D eigenvalue weighted by Gasteiger charge is -2.19. The largest absolute Gasteiger partial charge is 0.326 e. The van der Waals surface area contributed by atoms with Crippen molar-refractivity contribution in [3.05, 3.63) is 29.6 Å². The van der Waals surface area contributed by atoms with Crippen LogP contribution in [0, 0.1) is 5.92 Å². The van der Waals surface area contributed by atoms with Crippen molar-refractivity contribution >= 4 is 0 Å². The molecule has 2 nitrogen and oxygen atoms in total. The number of hydrogen-bond donors (Lipinski definition) is 1. The van der Waals surface area contributed by atoms with Gasteiger partial charge in [-0.1, -0.05) is 13.8 Å². The topological polar surface area (TPSA) is 38.9 Å². The Balaban J connectivity index is 3.06. The van der Waals surface area contributed by atoms with Crippen LogP contribution in [0.1, 0.15) is 25.1 Å². The van der Waals surface area contributed by atoms with Crippen LogP contribution in [0.4, 0.5) is 8.78 Å². The summed E-state index contributed by atoms with van der Waals surface area (Å²) >= 11 is 0. The van der Waals surface area contributed by atoms with E-state index in [1.54, 1.807) is 6.07 Å². The monoisotopic (exact) mass is 200 g/mol. The molecule has 1 heterocycles. The fourth-order valence-corrected chi connectivity index (χ4v) is 1.08. The maximum atomic E-state index is 13.5. The second-order valence-corrected chi connectivity index (χ2v) is 3.53. The molecule has 0 bridgehead atoms. The average molecular weight is 200 g/mol. The summed E-state index contributed by atoms with van der Waals surface area (Å²) in [6, 6.07) is 3.00. The SMILES string of the molecule is CC(C)C(F)(F)c1cc(CN)ccn1. The van der Waals surface area contributed by atoms with E-state index in [0.717, 1.165) is 0 Å². The molecule has 0 saturated heterocycles. The lowest BCUT2D eigenvalue weighted by Crippen LogP contribution is -2.22. The fourth-order valence-electron chi connectivity index (χ4n) is 1.08. The number of nitrogens with zero attached hydrogens (tertiary/aromatic N) is 1. The van der Waals surface area contributed by atoms with Crippen molar-refractivity contribution in [2.24, 2.45) is 11.7 Å². The number of rotatable bonds is 3. The lowest BCUT2D eigenvalue weighted by atomic mass is 10.0. The Kier molecular flexibility index (Phi) is 3.16. The van der Waals surface area contributed by atoms with E-state index in [2.05, 4.69) is 4.98 Å². The minimum atomic E-state index is -2.88. The molecule has 14 heavy (non-hydrogen) atoms. The van der Waals surface area contributed by atoms with E-state index in [4.69, 9.17) is 5.73 Å². The van der Waals surface area contributed by atoms with Gasteiger partial charge in [-0.15, -0.1) is 0 Å². The summed E-state index contributed by atoms with van der Waals surface area (Å²) in [4.78, 5) is 3.67. The molecule has 0 aliphatic carbocycles. The number of hydrogen-bond acceptors (Lipinski definition) is 2. The van der Waals surface area contributed by atoms with Crippen molar-refractivity contribution < 1.29 is 8.78 Å². The van der Waals surface area contributed by atoms with Crippen molar-refractivity contribution in [1.29, 1.82) is 0 Å². The number of alkyl halides is 2. The van der Waals surface area contributed by atoms with Gasteiger partial charge in [0.05, 0.1) is 0 Å². The minimum absolute atomic E-state index is 0.199. The van der Waals surface area contributed by atoms with Gasteiger partial charge in [-0.05, 0) is 17.7 Å². The predicted octanol–water partition coefficient (Wildman–Crippen LogP) is 2.29. The highest BCUT2D eigenvalue weighted by molar-refractivity contribution is 5.19. The molecule has 0 amide bonds. The van der Waals surface area contributed by atoms with Gasteiger partial charge in [-0.2, -0.15) is 8.78 Å². The molecule has 0 aliphatic heterocycles. The number of nitrogens with two attached hydrogens (primary N) is 1. The van der Waals surface area contributed by atoms with Crippen molar-refractivity contribution in [2.45, 2.75) is 26.3 Å². The summed E-state index contributed by atoms with van der Waals surface area (Å²) in [7, 11) is 0. The summed E-state index contributed by atoms with van der Waals surface area (Å²) in [5.74, 6) is -3.64. The molecule has 0 fully saturated rings. The van der Waals surface area contributed by atoms with Gasteiger partial charge >= 0.3 is 0 Å². The quantitative estimate of drug-likeness (QED) is 0.813. The minimum Gasteiger partial charge on any atom is -0.326 e. The van der Waals surface area contributed by atoms with E-state index in [-0.39, 0.29) is 12.2 Å². The highest BCUT2D eigenvalue weighted by Gasteiger charge is 2.37. The van der Waals surface area contributed by atoms with E-state index in [1.807, 2.05) is 0 Å². The van der Waals surface area contributed by atoms with Gasteiger partial charge in [0.25, 0.3) is 5.92 Å². The normalized spacial score (nSPS) is 12.1. The third-order valence-electron chi connectivity index (χ3n) is 2.13. The molecule has 0 radical (unpaired) electrons. The van der Waals surface area contributed by atoms with Crippen LogP contribution in [0.5, 0.6) is 0 Å². The van der Waals surface area contributed by atoms with Crippen molar-refractivity contribution in [3.63, 3.8) is 0 Å². The van der Waals surface area contributed by atoms with Crippen LogP contribution in [0.3, 0.4) is 0 Å². The van der Waals surface area contributed by atoms with Gasteiger partial charge in [0.1, 0.15) is 5.69 Å². The Morgan fingerprint density at radius 2 is 2.14 bits per heavy atom. The molecule has 0 spiro atoms. The van der Waals surface area contributed by atoms with Gasteiger partial charge in [-0.3, -0.25) is 4.98 Å². The molecule has 4 heteroatoms. The van der Waals surface area contributed by atoms with Crippen LogP contribution in [0.2, 0.25) is 0 Å². The Hall–Kier alpha value is -1.03. The zero-order chi connectivity index (χ0) is 10.8. The smallest absolute Gasteiger partial charge is 0.291 e. The first-order chi connectivity index (χ1) is 6.48. The Morgan fingerprint density at radius 1 is 1.50 bits per heavy atom. The Morgan fingerprint density at radius 3 is 2.64 bits per heavy atom. The van der Waals surface area contributed by atoms with E-state index in [0.29, 0.717) is 5.56 Å². The van der Waals surface area contributed by atoms with E-state index in [9.17, 15) is 8.78 Å². The summed E-state index contributed by atoms with van der Waals surface area (Å²) in [6.45, 7) is 3.19. The standard InChI is InChI=1S/C10H14F2N2/c1-7(2)10(11,12)9-5-8(6-13)3-4-14-9/h3-5,7H,6,13H2,1-2H3. The van der Waals surface area contributed by atoms with Crippen molar-refractivity contribution in [1.82, 2.24) is 4.98 Å². The third kappa shape index (κ3) is 2.07. The first kappa shape index (κ1) is 11.0. The average Bonchev–Trinajstić information content (AvgIpc) is 2.17. The van der Waals surface area contributed by atoms with E-state index in [1.165, 1.54) is 26.1 Å². The Labute approximate surface area is 82.1 Å². The van der Waals surface area contributed by atoms with Gasteiger partial charge in [0.2, 0.25) is 0 Å². The first-order valence-corrected chi connectivity index (χ1v) is 4.51. The van der Waals surface area contributed by atoms with Crippen LogP contribution in [0.25, 0.3) is 0 Å². The van der Waals surface area contributed by atoms with E-state index < -0.39 is 11.8 Å². The van der Waals surface area contributed by atoms with Gasteiger partial charge in [-0.25, -0.2) is 0 Å². The van der Waals surface area contributed by atoms with Crippen LogP contribution >= 0.6 is 0 Å². The first-order valence-electron chi connectivity index (χ1n) is 4.51. The summed E-state index contributed by atoms with van der Waals surface area (Å²) in [5.41, 5.74) is 5.84. The third-order valence-corrected chi connectivity index (χ3v) is 2.13. The number of halogens is 2. The Bertz CT molecular complexity index is 311. The van der Waals surface area contributed by atoms with Gasteiger partial charge in [0, 0.05) is 18.7 Å². The molecule has 0 aromatic carbocycles. The zero-order valence-electron chi connectivity index (χ0n) is 8.30.